The van der Waals surface area contributed by atoms with Crippen LogP contribution in [0.4, 0.5) is 9.59 Å². The SMILES string of the molecule is C#CC[C@H](CC(=O)C(C)C)C(=O)N[C@H](Cc1cn(C(=O)OC(C)(C)C)c2ccccc12)C(=O)C[C@@H](C)C(=O)N[C@@H](Cc1cn(C(=O)OC(C)(C)C)c2ccccc12)C(=O)C[C@H](Cc1ccccc1)C(=O)N[C@@H](CCCCNCC=C)C(=O)CC. The van der Waals surface area contributed by atoms with Crippen LogP contribution >= 0.6 is 0 Å². The number of terminal acetylenes is 1. The van der Waals surface area contributed by atoms with Gasteiger partial charge in [-0.1, -0.05) is 101 Å². The standard InChI is InChI=1S/C67H86N6O11/c1-13-25-46(39-58(75)43(4)5)62(79)71-53(37-48-41-72(64(81)83-66(7,8)9)55-31-21-19-28-50(48)55)59(76)35-44(6)61(78)70-54(38-49-42-73(65(82)84-67(10,11)12)56-32-22-20-29-51(49)56)60(77)40-47(36-45-26-17-16-18-27-45)63(80)69-52(57(74)15-3)30-23-24-34-68-33-14-2/h1,14,16-22,26-29,31-32,41-44,46-47,52-54,68H,2,15,23-25,30,33-40H2,3-12H3,(H,69,80)(H,70,78)(H,71,79)/t44-,46-,47+,52+,53-,54+/m1/s1. The summed E-state index contributed by atoms with van der Waals surface area (Å²) in [7, 11) is 0. The van der Waals surface area contributed by atoms with Crippen LogP contribution in [0.15, 0.2) is 104 Å². The van der Waals surface area contributed by atoms with E-state index in [1.54, 1.807) is 129 Å². The number of benzene rings is 3. The molecule has 0 unspecified atom stereocenters. The number of carbonyl (C=O) groups is 9. The summed E-state index contributed by atoms with van der Waals surface area (Å²) in [5.74, 6) is -4.28. The van der Waals surface area contributed by atoms with Crippen molar-refractivity contribution in [3.8, 4) is 12.3 Å². The molecule has 0 radical (unpaired) electrons. The van der Waals surface area contributed by atoms with Crippen molar-refractivity contribution < 1.29 is 52.6 Å². The monoisotopic (exact) mass is 1150 g/mol. The summed E-state index contributed by atoms with van der Waals surface area (Å²) in [6.45, 7) is 22.2. The zero-order chi connectivity index (χ0) is 61.9. The van der Waals surface area contributed by atoms with Crippen molar-refractivity contribution >= 4 is 74.8 Å². The number of ketones is 4. The Balaban J connectivity index is 1.53. The van der Waals surface area contributed by atoms with Crippen LogP contribution in [0, 0.1) is 36.0 Å². The van der Waals surface area contributed by atoms with E-state index in [0.717, 1.165) is 12.0 Å². The topological polar surface area (TPSA) is 230 Å². The molecule has 0 aliphatic carbocycles. The molecule has 84 heavy (non-hydrogen) atoms. The van der Waals surface area contributed by atoms with Gasteiger partial charge >= 0.3 is 12.2 Å². The maximum Gasteiger partial charge on any atom is 0.419 e. The van der Waals surface area contributed by atoms with Gasteiger partial charge in [-0.25, -0.2) is 9.59 Å². The molecule has 6 atom stereocenters. The number of aromatic nitrogens is 2. The van der Waals surface area contributed by atoms with Crippen LogP contribution in [0.25, 0.3) is 21.8 Å². The summed E-state index contributed by atoms with van der Waals surface area (Å²) in [6, 6.07) is 19.8. The van der Waals surface area contributed by atoms with E-state index >= 15 is 4.79 Å². The van der Waals surface area contributed by atoms with Crippen molar-refractivity contribution in [2.45, 2.75) is 169 Å². The number of hydrogen-bond acceptors (Lipinski definition) is 12. The lowest BCUT2D eigenvalue weighted by molar-refractivity contribution is -0.135. The summed E-state index contributed by atoms with van der Waals surface area (Å²) in [5.41, 5.74) is 1.06. The molecule has 17 heteroatoms. The molecule has 0 aliphatic heterocycles. The summed E-state index contributed by atoms with van der Waals surface area (Å²) in [5, 5.41) is 13.2. The average Bonchev–Trinajstić information content (AvgIpc) is 2.47. The Kier molecular flexibility index (Phi) is 24.7. The Labute approximate surface area is 494 Å². The highest BCUT2D eigenvalue weighted by Gasteiger charge is 2.35. The molecule has 0 saturated heterocycles. The maximum atomic E-state index is 15.2. The van der Waals surface area contributed by atoms with Crippen molar-refractivity contribution in [3.05, 3.63) is 121 Å². The number of nitrogens with zero attached hydrogens (tertiary/aromatic N) is 2. The molecule has 0 fully saturated rings. The van der Waals surface area contributed by atoms with Gasteiger partial charge in [0.2, 0.25) is 17.7 Å². The van der Waals surface area contributed by atoms with E-state index in [0.29, 0.717) is 58.9 Å². The van der Waals surface area contributed by atoms with Crippen LogP contribution in [0.5, 0.6) is 0 Å². The minimum atomic E-state index is -1.33. The number of amides is 3. The van der Waals surface area contributed by atoms with E-state index in [4.69, 9.17) is 15.9 Å². The van der Waals surface area contributed by atoms with Crippen molar-refractivity contribution in [1.82, 2.24) is 30.4 Å². The van der Waals surface area contributed by atoms with Crippen LogP contribution < -0.4 is 21.3 Å². The molecule has 17 nitrogen and oxygen atoms in total. The molecule has 5 aromatic rings. The third kappa shape index (κ3) is 19.9. The predicted octanol–water partition coefficient (Wildman–Crippen LogP) is 10.00. The molecule has 3 amide bonds. The normalized spacial score (nSPS) is 13.8. The van der Waals surface area contributed by atoms with E-state index in [2.05, 4.69) is 33.8 Å². The Morgan fingerprint density at radius 2 is 1.07 bits per heavy atom. The molecule has 450 valence electrons. The number of Topliss-reactive ketones (excluding diaryl/α,β-unsaturated/α-hetero) is 4. The van der Waals surface area contributed by atoms with Crippen LogP contribution in [-0.2, 0) is 62.3 Å². The predicted molar refractivity (Wildman–Crippen MR) is 326 cm³/mol. The minimum absolute atomic E-state index is 0.0895. The second-order valence-electron chi connectivity index (χ2n) is 24.0. The van der Waals surface area contributed by atoms with E-state index in [9.17, 15) is 38.4 Å². The lowest BCUT2D eigenvalue weighted by Crippen LogP contribution is -2.49. The lowest BCUT2D eigenvalue weighted by Gasteiger charge is -2.25. The van der Waals surface area contributed by atoms with Gasteiger partial charge in [-0.15, -0.1) is 18.9 Å². The number of unbranched alkanes of at least 4 members (excludes halogenated alkanes) is 1. The quantitative estimate of drug-likeness (QED) is 0.0185. The lowest BCUT2D eigenvalue weighted by atomic mass is 9.88. The molecule has 2 heterocycles. The van der Waals surface area contributed by atoms with Crippen LogP contribution in [-0.4, -0.2) is 105 Å². The van der Waals surface area contributed by atoms with Gasteiger partial charge in [-0.05, 0) is 103 Å². The highest BCUT2D eigenvalue weighted by Crippen LogP contribution is 2.28. The van der Waals surface area contributed by atoms with E-state index in [1.807, 2.05) is 30.3 Å². The fourth-order valence-corrected chi connectivity index (χ4v) is 9.89. The van der Waals surface area contributed by atoms with Gasteiger partial charge in [0.15, 0.2) is 17.3 Å². The zero-order valence-corrected chi connectivity index (χ0v) is 50.6. The van der Waals surface area contributed by atoms with E-state index in [1.165, 1.54) is 16.1 Å². The highest BCUT2D eigenvalue weighted by atomic mass is 16.6. The van der Waals surface area contributed by atoms with E-state index in [-0.39, 0.29) is 62.4 Å². The third-order valence-corrected chi connectivity index (χ3v) is 14.4. The van der Waals surface area contributed by atoms with Gasteiger partial charge in [0, 0.05) is 92.4 Å². The number of hydrogen-bond donors (Lipinski definition) is 4. The van der Waals surface area contributed by atoms with Gasteiger partial charge in [-0.2, -0.15) is 0 Å². The second-order valence-corrected chi connectivity index (χ2v) is 24.0. The number of para-hydroxylation sites is 2. The molecule has 0 aliphatic rings. The summed E-state index contributed by atoms with van der Waals surface area (Å²) in [6.07, 6.45) is 9.99. The molecule has 0 spiro atoms. The van der Waals surface area contributed by atoms with Crippen molar-refractivity contribution in [2.24, 2.45) is 23.7 Å². The molecule has 2 aromatic heterocycles. The van der Waals surface area contributed by atoms with Crippen molar-refractivity contribution in [1.29, 1.82) is 0 Å². The highest BCUT2D eigenvalue weighted by molar-refractivity contribution is 5.99. The van der Waals surface area contributed by atoms with Gasteiger partial charge in [0.1, 0.15) is 17.0 Å². The minimum Gasteiger partial charge on any atom is -0.443 e. The number of fused-ring (bicyclic) bond motifs is 2. The molecule has 3 aromatic carbocycles. The fraction of sp³-hybridized carbons (Fsp3) is 0.478. The Morgan fingerprint density at radius 1 is 0.595 bits per heavy atom. The molecule has 5 rings (SSSR count). The maximum absolute atomic E-state index is 15.2. The first-order valence-corrected chi connectivity index (χ1v) is 29.2. The number of rotatable bonds is 31. The molecular formula is C67H86N6O11. The zero-order valence-electron chi connectivity index (χ0n) is 50.6. The van der Waals surface area contributed by atoms with Gasteiger partial charge in [-0.3, -0.25) is 42.7 Å². The van der Waals surface area contributed by atoms with Gasteiger partial charge < -0.3 is 30.7 Å². The van der Waals surface area contributed by atoms with Crippen molar-refractivity contribution in [2.75, 3.05) is 13.1 Å². The number of carbonyl (C=O) groups excluding carboxylic acids is 9. The smallest absolute Gasteiger partial charge is 0.419 e. The third-order valence-electron chi connectivity index (χ3n) is 14.4. The molecule has 0 bridgehead atoms. The number of ether oxygens (including phenoxy) is 2. The molecule has 4 N–H and O–H groups in total. The fourth-order valence-electron chi connectivity index (χ4n) is 9.89. The molecule has 0 saturated carbocycles. The molecular weight excluding hydrogens is 1060 g/mol. The Hall–Kier alpha value is -7.97. The largest absolute Gasteiger partial charge is 0.443 e. The summed E-state index contributed by atoms with van der Waals surface area (Å²) < 4.78 is 14.2. The van der Waals surface area contributed by atoms with Crippen LogP contribution in [0.1, 0.15) is 137 Å². The summed E-state index contributed by atoms with van der Waals surface area (Å²) in [4.78, 5) is 127. The van der Waals surface area contributed by atoms with Crippen molar-refractivity contribution in [3.63, 3.8) is 0 Å². The van der Waals surface area contributed by atoms with Gasteiger partial charge in [0.05, 0.1) is 35.1 Å². The Bertz CT molecular complexity index is 3190. The first-order valence-electron chi connectivity index (χ1n) is 29.2. The number of nitrogens with one attached hydrogen (secondary N) is 4. The second kappa shape index (κ2) is 31.1. The van der Waals surface area contributed by atoms with E-state index < -0.39 is 95.0 Å². The summed E-state index contributed by atoms with van der Waals surface area (Å²) >= 11 is 0. The first-order chi connectivity index (χ1) is 39.7. The van der Waals surface area contributed by atoms with Crippen LogP contribution in [0.3, 0.4) is 0 Å². The Morgan fingerprint density at radius 3 is 1.57 bits per heavy atom. The van der Waals surface area contributed by atoms with Crippen LogP contribution in [0.2, 0.25) is 0 Å². The first kappa shape index (κ1) is 66.8. The van der Waals surface area contributed by atoms with Gasteiger partial charge in [0.25, 0.3) is 0 Å². The average molecular weight is 1150 g/mol.